The Kier molecular flexibility index (Phi) is 6.44. The Hall–Kier alpha value is -3.03. The topological polar surface area (TPSA) is 77.0 Å². The van der Waals surface area contributed by atoms with Crippen LogP contribution in [0.25, 0.3) is 11.4 Å². The van der Waals surface area contributed by atoms with Crippen molar-refractivity contribution in [2.75, 3.05) is 52.4 Å². The van der Waals surface area contributed by atoms with Crippen molar-refractivity contribution in [1.29, 1.82) is 0 Å². The lowest BCUT2D eigenvalue weighted by molar-refractivity contribution is 0.0792. The Bertz CT molecular complexity index is 912. The number of methoxy groups -OCH3 is 3. The van der Waals surface area contributed by atoms with E-state index < -0.39 is 0 Å². The molecule has 2 fully saturated rings. The van der Waals surface area contributed by atoms with Crippen molar-refractivity contribution in [1.82, 2.24) is 14.9 Å². The molecule has 166 valence electrons. The summed E-state index contributed by atoms with van der Waals surface area (Å²) in [7, 11) is 4.74. The van der Waals surface area contributed by atoms with Gasteiger partial charge < -0.3 is 24.0 Å². The lowest BCUT2D eigenvalue weighted by Gasteiger charge is -2.30. The molecule has 1 aromatic heterocycles. The zero-order chi connectivity index (χ0) is 21.8. The van der Waals surface area contributed by atoms with Crippen molar-refractivity contribution in [2.24, 2.45) is 0 Å². The van der Waals surface area contributed by atoms with Crippen LogP contribution < -0.4 is 19.1 Å². The number of carbonyl (C=O) groups excluding carboxylic acids is 1. The SMILES string of the molecule is COc1cc(-c2ncc(C(=O)N3CCCC3)c(N3CCCCC3)n2)cc(OC)c1OC. The summed E-state index contributed by atoms with van der Waals surface area (Å²) in [5.74, 6) is 2.86. The first kappa shape index (κ1) is 21.2. The third kappa shape index (κ3) is 4.24. The number of amides is 1. The number of aromatic nitrogens is 2. The molecule has 8 heteroatoms. The second-order valence-electron chi connectivity index (χ2n) is 7.89. The van der Waals surface area contributed by atoms with Crippen LogP contribution in [0.1, 0.15) is 42.5 Å². The van der Waals surface area contributed by atoms with Crippen LogP contribution >= 0.6 is 0 Å². The fourth-order valence-corrected chi connectivity index (χ4v) is 4.31. The summed E-state index contributed by atoms with van der Waals surface area (Å²) < 4.78 is 16.4. The Balaban J connectivity index is 1.78. The molecular weight excluding hydrogens is 396 g/mol. The van der Waals surface area contributed by atoms with E-state index >= 15 is 0 Å². The van der Waals surface area contributed by atoms with Gasteiger partial charge in [0.05, 0.1) is 21.3 Å². The summed E-state index contributed by atoms with van der Waals surface area (Å²) in [6.07, 6.45) is 7.18. The summed E-state index contributed by atoms with van der Waals surface area (Å²) in [5.41, 5.74) is 1.33. The molecule has 2 aromatic rings. The highest BCUT2D eigenvalue weighted by Crippen LogP contribution is 2.41. The third-order valence-electron chi connectivity index (χ3n) is 5.97. The molecule has 2 aliphatic heterocycles. The number of hydrogen-bond donors (Lipinski definition) is 0. The van der Waals surface area contributed by atoms with Crippen LogP contribution in [0.4, 0.5) is 5.82 Å². The van der Waals surface area contributed by atoms with Gasteiger partial charge in [0.15, 0.2) is 17.3 Å². The van der Waals surface area contributed by atoms with E-state index in [1.54, 1.807) is 27.5 Å². The molecule has 8 nitrogen and oxygen atoms in total. The number of carbonyl (C=O) groups is 1. The van der Waals surface area contributed by atoms with Crippen molar-refractivity contribution in [3.8, 4) is 28.6 Å². The predicted molar refractivity (Wildman–Crippen MR) is 118 cm³/mol. The van der Waals surface area contributed by atoms with E-state index in [4.69, 9.17) is 19.2 Å². The molecule has 4 rings (SSSR count). The molecule has 2 aliphatic rings. The van der Waals surface area contributed by atoms with Gasteiger partial charge in [0.1, 0.15) is 11.4 Å². The summed E-state index contributed by atoms with van der Waals surface area (Å²) in [4.78, 5) is 26.8. The van der Waals surface area contributed by atoms with Crippen molar-refractivity contribution in [2.45, 2.75) is 32.1 Å². The fraction of sp³-hybridized carbons (Fsp3) is 0.522. The van der Waals surface area contributed by atoms with Crippen LogP contribution in [-0.2, 0) is 0 Å². The van der Waals surface area contributed by atoms with Crippen LogP contribution in [0, 0.1) is 0 Å². The van der Waals surface area contributed by atoms with Crippen molar-refractivity contribution in [3.63, 3.8) is 0 Å². The smallest absolute Gasteiger partial charge is 0.259 e. The van der Waals surface area contributed by atoms with Crippen LogP contribution in [0.3, 0.4) is 0 Å². The number of hydrogen-bond acceptors (Lipinski definition) is 7. The number of anilines is 1. The van der Waals surface area contributed by atoms with Gasteiger partial charge in [0.25, 0.3) is 5.91 Å². The summed E-state index contributed by atoms with van der Waals surface area (Å²) in [5, 5.41) is 0. The monoisotopic (exact) mass is 426 g/mol. The van der Waals surface area contributed by atoms with Crippen LogP contribution in [0.15, 0.2) is 18.3 Å². The minimum atomic E-state index is 0.0227. The molecule has 3 heterocycles. The number of likely N-dealkylation sites (tertiary alicyclic amines) is 1. The van der Waals surface area contributed by atoms with Gasteiger partial charge in [-0.25, -0.2) is 9.97 Å². The molecule has 0 spiro atoms. The number of benzene rings is 1. The molecule has 0 unspecified atom stereocenters. The molecule has 0 N–H and O–H groups in total. The Labute approximate surface area is 183 Å². The van der Waals surface area contributed by atoms with Crippen molar-refractivity contribution in [3.05, 3.63) is 23.9 Å². The van der Waals surface area contributed by atoms with E-state index in [0.29, 0.717) is 28.6 Å². The summed E-state index contributed by atoms with van der Waals surface area (Å²) >= 11 is 0. The maximum Gasteiger partial charge on any atom is 0.259 e. The zero-order valence-corrected chi connectivity index (χ0v) is 18.5. The molecule has 0 saturated carbocycles. The molecule has 1 amide bonds. The van der Waals surface area contributed by atoms with E-state index in [2.05, 4.69) is 9.88 Å². The second-order valence-corrected chi connectivity index (χ2v) is 7.89. The van der Waals surface area contributed by atoms with Crippen molar-refractivity contribution >= 4 is 11.7 Å². The average Bonchev–Trinajstić information content (AvgIpc) is 3.38. The van der Waals surface area contributed by atoms with Gasteiger partial charge >= 0.3 is 0 Å². The van der Waals surface area contributed by atoms with Gasteiger partial charge in [-0.1, -0.05) is 0 Å². The van der Waals surface area contributed by atoms with Crippen LogP contribution in [0.5, 0.6) is 17.2 Å². The molecule has 0 atom stereocenters. The summed E-state index contributed by atoms with van der Waals surface area (Å²) in [6.45, 7) is 3.39. The molecular formula is C23H30N4O4. The Morgan fingerprint density at radius 2 is 1.48 bits per heavy atom. The van der Waals surface area contributed by atoms with Gasteiger partial charge in [-0.3, -0.25) is 4.79 Å². The highest BCUT2D eigenvalue weighted by molar-refractivity contribution is 5.99. The van der Waals surface area contributed by atoms with E-state index in [9.17, 15) is 4.79 Å². The Morgan fingerprint density at radius 1 is 0.871 bits per heavy atom. The standard InChI is InChI=1S/C23H30N4O4/c1-29-18-13-16(14-19(30-2)20(18)31-3)21-24-15-17(23(28)27-11-7-8-12-27)22(25-21)26-9-5-4-6-10-26/h13-15H,4-12H2,1-3H3. The lowest BCUT2D eigenvalue weighted by Crippen LogP contribution is -2.35. The second kappa shape index (κ2) is 9.41. The number of piperidine rings is 1. The minimum Gasteiger partial charge on any atom is -0.493 e. The van der Waals surface area contributed by atoms with Crippen LogP contribution in [-0.4, -0.2) is 68.3 Å². The zero-order valence-electron chi connectivity index (χ0n) is 18.5. The maximum atomic E-state index is 13.2. The Morgan fingerprint density at radius 3 is 2.06 bits per heavy atom. The fourth-order valence-electron chi connectivity index (χ4n) is 4.31. The number of ether oxygens (including phenoxy) is 3. The van der Waals surface area contributed by atoms with Crippen molar-refractivity contribution < 1.29 is 19.0 Å². The van der Waals surface area contributed by atoms with E-state index in [1.807, 2.05) is 17.0 Å². The van der Waals surface area contributed by atoms with Gasteiger partial charge in [-0.05, 0) is 44.2 Å². The van der Waals surface area contributed by atoms with E-state index in [0.717, 1.165) is 63.2 Å². The maximum absolute atomic E-state index is 13.2. The molecule has 0 aliphatic carbocycles. The van der Waals surface area contributed by atoms with Gasteiger partial charge in [-0.2, -0.15) is 0 Å². The normalized spacial score (nSPS) is 16.4. The molecule has 0 bridgehead atoms. The number of nitrogens with zero attached hydrogens (tertiary/aromatic N) is 4. The first-order valence-electron chi connectivity index (χ1n) is 10.9. The quantitative estimate of drug-likeness (QED) is 0.701. The van der Waals surface area contributed by atoms with Gasteiger partial charge in [0, 0.05) is 37.9 Å². The average molecular weight is 427 g/mol. The van der Waals surface area contributed by atoms with Crippen LogP contribution in [0.2, 0.25) is 0 Å². The molecule has 0 radical (unpaired) electrons. The largest absolute Gasteiger partial charge is 0.493 e. The minimum absolute atomic E-state index is 0.0227. The molecule has 31 heavy (non-hydrogen) atoms. The first-order valence-corrected chi connectivity index (χ1v) is 10.9. The van der Waals surface area contributed by atoms with Gasteiger partial charge in [-0.15, -0.1) is 0 Å². The predicted octanol–water partition coefficient (Wildman–Crippen LogP) is 3.40. The number of rotatable bonds is 6. The van der Waals surface area contributed by atoms with E-state index in [-0.39, 0.29) is 5.91 Å². The molecule has 2 saturated heterocycles. The highest BCUT2D eigenvalue weighted by Gasteiger charge is 2.27. The molecule has 1 aromatic carbocycles. The first-order chi connectivity index (χ1) is 15.2. The lowest BCUT2D eigenvalue weighted by atomic mass is 10.1. The summed E-state index contributed by atoms with van der Waals surface area (Å²) in [6, 6.07) is 3.66. The van der Waals surface area contributed by atoms with E-state index in [1.165, 1.54) is 6.42 Å². The van der Waals surface area contributed by atoms with Gasteiger partial charge in [0.2, 0.25) is 5.75 Å². The third-order valence-corrected chi connectivity index (χ3v) is 5.97. The highest BCUT2D eigenvalue weighted by atomic mass is 16.5.